The summed E-state index contributed by atoms with van der Waals surface area (Å²) < 4.78 is 0. The van der Waals surface area contributed by atoms with Gasteiger partial charge in [0.1, 0.15) is 0 Å². The number of likely N-dealkylation sites (tertiary alicyclic amines) is 2. The maximum atomic E-state index is 12.1. The number of piperidine rings is 1. The number of amides is 1. The number of hydrogen-bond acceptors (Lipinski definition) is 3. The lowest BCUT2D eigenvalue weighted by molar-refractivity contribution is -0.132. The molecule has 17 heavy (non-hydrogen) atoms. The maximum absolute atomic E-state index is 12.1. The molecule has 0 aromatic rings. The molecule has 98 valence electrons. The van der Waals surface area contributed by atoms with Gasteiger partial charge in [0.15, 0.2) is 0 Å². The van der Waals surface area contributed by atoms with E-state index in [1.54, 1.807) is 0 Å². The molecule has 4 heteroatoms. The molecule has 0 aromatic carbocycles. The van der Waals surface area contributed by atoms with Crippen molar-refractivity contribution in [2.75, 3.05) is 27.2 Å². The molecule has 0 spiro atoms. The minimum absolute atomic E-state index is 0.140. The summed E-state index contributed by atoms with van der Waals surface area (Å²) in [5.74, 6) is 0.320. The molecule has 0 aliphatic carbocycles. The number of nitrogens with one attached hydrogen (secondary N) is 1. The molecule has 2 saturated heterocycles. The third kappa shape index (κ3) is 2.47. The first-order valence-electron chi connectivity index (χ1n) is 6.83. The number of carbonyl (C=O) groups excluding carboxylic acids is 1. The van der Waals surface area contributed by atoms with Crippen LogP contribution in [0.1, 0.15) is 32.6 Å². The molecule has 0 radical (unpaired) electrons. The van der Waals surface area contributed by atoms with Crippen molar-refractivity contribution in [2.24, 2.45) is 0 Å². The number of hydrogen-bond donors (Lipinski definition) is 1. The van der Waals surface area contributed by atoms with Crippen molar-refractivity contribution in [2.45, 2.75) is 50.7 Å². The van der Waals surface area contributed by atoms with E-state index in [4.69, 9.17) is 0 Å². The number of likely N-dealkylation sites (N-methyl/N-ethyl adjacent to an activating group) is 2. The maximum Gasteiger partial charge on any atom is 0.239 e. The van der Waals surface area contributed by atoms with E-state index in [0.717, 1.165) is 19.5 Å². The van der Waals surface area contributed by atoms with Crippen molar-refractivity contribution in [3.05, 3.63) is 0 Å². The van der Waals surface area contributed by atoms with Gasteiger partial charge in [-0.15, -0.1) is 0 Å². The minimum atomic E-state index is 0.140. The average molecular weight is 239 g/mol. The lowest BCUT2D eigenvalue weighted by Crippen LogP contribution is -2.55. The molecule has 2 heterocycles. The van der Waals surface area contributed by atoms with E-state index in [1.807, 2.05) is 19.0 Å². The van der Waals surface area contributed by atoms with Crippen LogP contribution in [-0.2, 0) is 4.79 Å². The summed E-state index contributed by atoms with van der Waals surface area (Å²) in [5, 5.41) is 3.35. The topological polar surface area (TPSA) is 35.6 Å². The molecule has 1 amide bonds. The van der Waals surface area contributed by atoms with Gasteiger partial charge in [0.05, 0.1) is 6.04 Å². The summed E-state index contributed by atoms with van der Waals surface area (Å²) in [6.45, 7) is 4.23. The van der Waals surface area contributed by atoms with Gasteiger partial charge in [-0.2, -0.15) is 0 Å². The molecular weight excluding hydrogens is 214 g/mol. The summed E-state index contributed by atoms with van der Waals surface area (Å²) in [7, 11) is 3.93. The Kier molecular flexibility index (Phi) is 4.05. The second-order valence-corrected chi connectivity index (χ2v) is 5.44. The zero-order valence-corrected chi connectivity index (χ0v) is 11.3. The van der Waals surface area contributed by atoms with Crippen LogP contribution in [0, 0.1) is 0 Å². The lowest BCUT2D eigenvalue weighted by Gasteiger charge is -2.41. The summed E-state index contributed by atoms with van der Waals surface area (Å²) in [6.07, 6.45) is 4.75. The molecule has 3 unspecified atom stereocenters. The van der Waals surface area contributed by atoms with Crippen LogP contribution < -0.4 is 5.32 Å². The lowest BCUT2D eigenvalue weighted by atomic mass is 9.94. The van der Waals surface area contributed by atoms with Gasteiger partial charge in [-0.05, 0) is 39.8 Å². The van der Waals surface area contributed by atoms with Crippen LogP contribution in [0.2, 0.25) is 0 Å². The van der Waals surface area contributed by atoms with Gasteiger partial charge < -0.3 is 10.2 Å². The Labute approximate surface area is 104 Å². The van der Waals surface area contributed by atoms with Crippen LogP contribution in [0.15, 0.2) is 0 Å². The van der Waals surface area contributed by atoms with Crippen molar-refractivity contribution in [3.63, 3.8) is 0 Å². The highest BCUT2D eigenvalue weighted by Crippen LogP contribution is 2.26. The zero-order chi connectivity index (χ0) is 12.4. The van der Waals surface area contributed by atoms with Gasteiger partial charge in [0.2, 0.25) is 5.91 Å². The molecule has 2 rings (SSSR count). The first kappa shape index (κ1) is 12.8. The molecule has 0 aromatic heterocycles. The van der Waals surface area contributed by atoms with Crippen LogP contribution >= 0.6 is 0 Å². The number of nitrogens with zero attached hydrogens (tertiary/aromatic N) is 2. The number of rotatable bonds is 3. The van der Waals surface area contributed by atoms with E-state index in [9.17, 15) is 4.79 Å². The van der Waals surface area contributed by atoms with Gasteiger partial charge in [0, 0.05) is 25.7 Å². The monoisotopic (exact) mass is 239 g/mol. The molecule has 4 nitrogen and oxygen atoms in total. The van der Waals surface area contributed by atoms with E-state index in [1.165, 1.54) is 19.3 Å². The van der Waals surface area contributed by atoms with Crippen molar-refractivity contribution in [1.82, 2.24) is 15.1 Å². The number of carbonyl (C=O) groups is 1. The highest BCUT2D eigenvalue weighted by Gasteiger charge is 2.39. The van der Waals surface area contributed by atoms with Crippen LogP contribution in [0.3, 0.4) is 0 Å². The Morgan fingerprint density at radius 1 is 1.29 bits per heavy atom. The van der Waals surface area contributed by atoms with Gasteiger partial charge in [-0.25, -0.2) is 0 Å². The summed E-state index contributed by atoms with van der Waals surface area (Å²) in [4.78, 5) is 16.5. The predicted molar refractivity (Wildman–Crippen MR) is 68.9 cm³/mol. The van der Waals surface area contributed by atoms with Crippen molar-refractivity contribution < 1.29 is 4.79 Å². The van der Waals surface area contributed by atoms with Crippen LogP contribution in [-0.4, -0.2) is 61.0 Å². The molecule has 2 aliphatic rings. The van der Waals surface area contributed by atoms with Crippen molar-refractivity contribution in [1.29, 1.82) is 0 Å². The molecular formula is C13H25N3O. The minimum Gasteiger partial charge on any atom is -0.344 e. The summed E-state index contributed by atoms with van der Waals surface area (Å²) in [5.41, 5.74) is 0. The smallest absolute Gasteiger partial charge is 0.239 e. The first-order chi connectivity index (χ1) is 8.15. The third-order valence-corrected chi connectivity index (χ3v) is 4.42. The normalized spacial score (nSPS) is 33.1. The zero-order valence-electron chi connectivity index (χ0n) is 11.3. The van der Waals surface area contributed by atoms with Crippen molar-refractivity contribution >= 4 is 5.91 Å². The second-order valence-electron chi connectivity index (χ2n) is 5.44. The molecule has 1 N–H and O–H groups in total. The third-order valence-electron chi connectivity index (χ3n) is 4.42. The fourth-order valence-corrected chi connectivity index (χ4v) is 3.21. The fraction of sp³-hybridized carbons (Fsp3) is 0.923. The van der Waals surface area contributed by atoms with E-state index < -0.39 is 0 Å². The Morgan fingerprint density at radius 2 is 2.06 bits per heavy atom. The van der Waals surface area contributed by atoms with E-state index in [2.05, 4.69) is 17.1 Å². The highest BCUT2D eigenvalue weighted by molar-refractivity contribution is 5.83. The molecule has 2 fully saturated rings. The van der Waals surface area contributed by atoms with E-state index in [0.29, 0.717) is 18.0 Å². The Hall–Kier alpha value is -0.610. The summed E-state index contributed by atoms with van der Waals surface area (Å²) >= 11 is 0. The van der Waals surface area contributed by atoms with E-state index in [-0.39, 0.29) is 6.04 Å². The predicted octanol–water partition coefficient (Wildman–Crippen LogP) is 0.680. The van der Waals surface area contributed by atoms with Crippen LogP contribution in [0.4, 0.5) is 0 Å². The van der Waals surface area contributed by atoms with Crippen molar-refractivity contribution in [3.8, 4) is 0 Å². The quantitative estimate of drug-likeness (QED) is 0.786. The SMILES string of the molecule is CNC(C)C1CCCCN1C1CCN(C)C1=O. The highest BCUT2D eigenvalue weighted by atomic mass is 16.2. The van der Waals surface area contributed by atoms with E-state index >= 15 is 0 Å². The average Bonchev–Trinajstić information content (AvgIpc) is 2.69. The largest absolute Gasteiger partial charge is 0.344 e. The van der Waals surface area contributed by atoms with Crippen LogP contribution in [0.5, 0.6) is 0 Å². The molecule has 0 bridgehead atoms. The van der Waals surface area contributed by atoms with Gasteiger partial charge in [0.25, 0.3) is 0 Å². The second kappa shape index (κ2) is 5.36. The Morgan fingerprint density at radius 3 is 2.65 bits per heavy atom. The van der Waals surface area contributed by atoms with Crippen LogP contribution in [0.25, 0.3) is 0 Å². The molecule has 3 atom stereocenters. The first-order valence-corrected chi connectivity index (χ1v) is 6.83. The Bertz CT molecular complexity index is 282. The standard InChI is InChI=1S/C13H25N3O/c1-10(14-2)11-6-4-5-8-16(11)12-7-9-15(3)13(12)17/h10-12,14H,4-9H2,1-3H3. The summed E-state index contributed by atoms with van der Waals surface area (Å²) in [6, 6.07) is 1.13. The van der Waals surface area contributed by atoms with Gasteiger partial charge in [-0.1, -0.05) is 6.42 Å². The van der Waals surface area contributed by atoms with Gasteiger partial charge in [-0.3, -0.25) is 9.69 Å². The molecule has 0 saturated carbocycles. The fourth-order valence-electron chi connectivity index (χ4n) is 3.21. The molecule has 2 aliphatic heterocycles. The Balaban J connectivity index is 2.08. The van der Waals surface area contributed by atoms with Gasteiger partial charge >= 0.3 is 0 Å².